The van der Waals surface area contributed by atoms with Crippen molar-refractivity contribution in [1.82, 2.24) is 0 Å². The van der Waals surface area contributed by atoms with Crippen LogP contribution >= 0.6 is 0 Å². The van der Waals surface area contributed by atoms with Gasteiger partial charge in [-0.1, -0.05) is 30.3 Å². The maximum absolute atomic E-state index is 7.36. The minimum Gasteiger partial charge on any atom is -0.384 e. The summed E-state index contributed by atoms with van der Waals surface area (Å²) in [7, 11) is 0. The highest BCUT2D eigenvalue weighted by Gasteiger charge is 2.00. The zero-order valence-corrected chi connectivity index (χ0v) is 8.04. The molecule has 2 aromatic rings. The number of hydrogen-bond donors (Lipinski definition) is 2. The molecule has 0 aliphatic heterocycles. The van der Waals surface area contributed by atoms with Gasteiger partial charge in [-0.25, -0.2) is 0 Å². The second-order valence-electron chi connectivity index (χ2n) is 3.42. The van der Waals surface area contributed by atoms with E-state index in [9.17, 15) is 0 Å². The third-order valence-electron chi connectivity index (χ3n) is 2.41. The second kappa shape index (κ2) is 3.14. The first-order valence-electron chi connectivity index (χ1n) is 4.52. The molecule has 3 N–H and O–H groups in total. The van der Waals surface area contributed by atoms with Gasteiger partial charge in [-0.3, -0.25) is 5.41 Å². The van der Waals surface area contributed by atoms with Crippen molar-refractivity contribution >= 4 is 16.6 Å². The van der Waals surface area contributed by atoms with Crippen LogP contribution in [0.25, 0.3) is 10.8 Å². The average molecular weight is 184 g/mol. The standard InChI is InChI=1S/C12H12N2/c1-8-3-2-4-9-5-6-10(12(13)14)7-11(8)9/h2-7H,1H3,(H3,13,14). The zero-order chi connectivity index (χ0) is 10.1. The number of nitrogen functional groups attached to an aromatic ring is 1. The van der Waals surface area contributed by atoms with E-state index >= 15 is 0 Å². The summed E-state index contributed by atoms with van der Waals surface area (Å²) < 4.78 is 0. The van der Waals surface area contributed by atoms with Crippen LogP contribution in [0.1, 0.15) is 11.1 Å². The molecule has 0 aliphatic rings. The van der Waals surface area contributed by atoms with Gasteiger partial charge in [-0.15, -0.1) is 0 Å². The molecule has 0 amide bonds. The van der Waals surface area contributed by atoms with Crippen LogP contribution in [0.5, 0.6) is 0 Å². The SMILES string of the molecule is Cc1cccc2ccc(C(=N)N)cc12. The molecule has 0 aliphatic carbocycles. The minimum atomic E-state index is 0.121. The minimum absolute atomic E-state index is 0.121. The Morgan fingerprint density at radius 1 is 1.21 bits per heavy atom. The number of hydrogen-bond acceptors (Lipinski definition) is 1. The third kappa shape index (κ3) is 1.35. The molecular formula is C12H12N2. The Morgan fingerprint density at radius 2 is 2.00 bits per heavy atom. The topological polar surface area (TPSA) is 49.9 Å². The molecule has 2 heteroatoms. The van der Waals surface area contributed by atoms with Gasteiger partial charge in [0.1, 0.15) is 5.84 Å². The zero-order valence-electron chi connectivity index (χ0n) is 8.04. The van der Waals surface area contributed by atoms with Crippen molar-refractivity contribution in [2.45, 2.75) is 6.92 Å². The molecule has 70 valence electrons. The first-order chi connectivity index (χ1) is 6.68. The number of nitrogens with one attached hydrogen (secondary N) is 1. The van der Waals surface area contributed by atoms with Crippen LogP contribution in [0.3, 0.4) is 0 Å². The molecule has 14 heavy (non-hydrogen) atoms. The van der Waals surface area contributed by atoms with E-state index in [4.69, 9.17) is 11.1 Å². The fraction of sp³-hybridized carbons (Fsp3) is 0.0833. The fourth-order valence-electron chi connectivity index (χ4n) is 1.60. The van der Waals surface area contributed by atoms with E-state index in [0.29, 0.717) is 0 Å². The quantitative estimate of drug-likeness (QED) is 0.519. The van der Waals surface area contributed by atoms with E-state index in [2.05, 4.69) is 19.1 Å². The lowest BCUT2D eigenvalue weighted by molar-refractivity contribution is 1.43. The number of amidine groups is 1. The number of aryl methyl sites for hydroxylation is 1. The van der Waals surface area contributed by atoms with Gasteiger partial charge in [0.25, 0.3) is 0 Å². The molecule has 0 bridgehead atoms. The summed E-state index contributed by atoms with van der Waals surface area (Å²) in [6.45, 7) is 2.06. The molecule has 0 aromatic heterocycles. The van der Waals surface area contributed by atoms with E-state index in [0.717, 1.165) is 5.56 Å². The smallest absolute Gasteiger partial charge is 0.122 e. The van der Waals surface area contributed by atoms with Crippen molar-refractivity contribution < 1.29 is 0 Å². The van der Waals surface area contributed by atoms with E-state index < -0.39 is 0 Å². The molecule has 2 rings (SSSR count). The lowest BCUT2D eigenvalue weighted by Gasteiger charge is -2.04. The van der Waals surface area contributed by atoms with Gasteiger partial charge in [-0.05, 0) is 29.3 Å². The number of fused-ring (bicyclic) bond motifs is 1. The first kappa shape index (κ1) is 8.75. The van der Waals surface area contributed by atoms with Gasteiger partial charge < -0.3 is 5.73 Å². The fourth-order valence-corrected chi connectivity index (χ4v) is 1.60. The van der Waals surface area contributed by atoms with E-state index in [1.165, 1.54) is 16.3 Å². The normalized spacial score (nSPS) is 10.4. The predicted octanol–water partition coefficient (Wildman–Crippen LogP) is 2.43. The number of nitrogens with two attached hydrogens (primary N) is 1. The van der Waals surface area contributed by atoms with Crippen LogP contribution < -0.4 is 5.73 Å². The van der Waals surface area contributed by atoms with Crippen LogP contribution in [-0.2, 0) is 0 Å². The molecule has 0 radical (unpaired) electrons. The summed E-state index contributed by atoms with van der Waals surface area (Å²) >= 11 is 0. The molecule has 0 unspecified atom stereocenters. The van der Waals surface area contributed by atoms with E-state index in [1.54, 1.807) is 0 Å². The van der Waals surface area contributed by atoms with Crippen molar-refractivity contribution in [2.24, 2.45) is 5.73 Å². The van der Waals surface area contributed by atoms with Crippen molar-refractivity contribution in [3.05, 3.63) is 47.5 Å². The third-order valence-corrected chi connectivity index (χ3v) is 2.41. The maximum Gasteiger partial charge on any atom is 0.122 e. The Labute approximate surface area is 82.9 Å². The van der Waals surface area contributed by atoms with Crippen molar-refractivity contribution in [3.8, 4) is 0 Å². The Hall–Kier alpha value is -1.83. The Morgan fingerprint density at radius 3 is 2.71 bits per heavy atom. The molecule has 0 saturated carbocycles. The molecule has 2 aromatic carbocycles. The lowest BCUT2D eigenvalue weighted by atomic mass is 10.0. The molecule has 0 fully saturated rings. The molecule has 0 saturated heterocycles. The second-order valence-corrected chi connectivity index (χ2v) is 3.42. The summed E-state index contributed by atoms with van der Waals surface area (Å²) in [5.41, 5.74) is 7.44. The molecule has 0 heterocycles. The first-order valence-corrected chi connectivity index (χ1v) is 4.52. The van der Waals surface area contributed by atoms with Crippen LogP contribution in [0.4, 0.5) is 0 Å². The van der Waals surface area contributed by atoms with Crippen molar-refractivity contribution in [3.63, 3.8) is 0 Å². The van der Waals surface area contributed by atoms with Crippen LogP contribution in [0.15, 0.2) is 36.4 Å². The summed E-state index contributed by atoms with van der Waals surface area (Å²) in [5, 5.41) is 9.72. The summed E-state index contributed by atoms with van der Waals surface area (Å²) in [6.07, 6.45) is 0. The van der Waals surface area contributed by atoms with Gasteiger partial charge in [-0.2, -0.15) is 0 Å². The Bertz CT molecular complexity index is 501. The van der Waals surface area contributed by atoms with Crippen molar-refractivity contribution in [1.29, 1.82) is 5.41 Å². The van der Waals surface area contributed by atoms with Gasteiger partial charge in [0, 0.05) is 5.56 Å². The highest BCUT2D eigenvalue weighted by Crippen LogP contribution is 2.19. The summed E-state index contributed by atoms with van der Waals surface area (Å²) in [6, 6.07) is 12.0. The van der Waals surface area contributed by atoms with Gasteiger partial charge in [0.2, 0.25) is 0 Å². The van der Waals surface area contributed by atoms with Gasteiger partial charge in [0.15, 0.2) is 0 Å². The molecule has 2 nitrogen and oxygen atoms in total. The highest BCUT2D eigenvalue weighted by molar-refractivity contribution is 5.99. The van der Waals surface area contributed by atoms with E-state index in [-0.39, 0.29) is 5.84 Å². The summed E-state index contributed by atoms with van der Waals surface area (Å²) in [5.74, 6) is 0.121. The average Bonchev–Trinajstić information content (AvgIpc) is 2.18. The van der Waals surface area contributed by atoms with E-state index in [1.807, 2.05) is 24.3 Å². The van der Waals surface area contributed by atoms with Gasteiger partial charge in [0.05, 0.1) is 0 Å². The van der Waals surface area contributed by atoms with Crippen LogP contribution in [0, 0.1) is 12.3 Å². The molecular weight excluding hydrogens is 172 g/mol. The van der Waals surface area contributed by atoms with Crippen LogP contribution in [0.2, 0.25) is 0 Å². The number of benzene rings is 2. The monoisotopic (exact) mass is 184 g/mol. The number of rotatable bonds is 1. The predicted molar refractivity (Wildman–Crippen MR) is 59.7 cm³/mol. The highest BCUT2D eigenvalue weighted by atomic mass is 14.7. The van der Waals surface area contributed by atoms with Crippen molar-refractivity contribution in [2.75, 3.05) is 0 Å². The van der Waals surface area contributed by atoms with Gasteiger partial charge >= 0.3 is 0 Å². The summed E-state index contributed by atoms with van der Waals surface area (Å²) in [4.78, 5) is 0. The molecule has 0 spiro atoms. The van der Waals surface area contributed by atoms with Crippen LogP contribution in [-0.4, -0.2) is 5.84 Å². The molecule has 0 atom stereocenters. The maximum atomic E-state index is 7.36. The lowest BCUT2D eigenvalue weighted by Crippen LogP contribution is -2.10. The Kier molecular flexibility index (Phi) is 1.97. The Balaban J connectivity index is 2.76. The largest absolute Gasteiger partial charge is 0.384 e.